The first-order valence-corrected chi connectivity index (χ1v) is 9.96. The van der Waals surface area contributed by atoms with Crippen molar-refractivity contribution >= 4 is 5.69 Å². The maximum absolute atomic E-state index is 3.96. The second-order valence-electron chi connectivity index (χ2n) is 10.3. The molecule has 2 N–H and O–H groups in total. The second-order valence-corrected chi connectivity index (χ2v) is 10.3. The van der Waals surface area contributed by atoms with Crippen molar-refractivity contribution in [1.29, 1.82) is 0 Å². The van der Waals surface area contributed by atoms with Gasteiger partial charge in [0.1, 0.15) is 5.66 Å². The summed E-state index contributed by atoms with van der Waals surface area (Å²) in [6, 6.07) is 13.6. The molecule has 0 aliphatic heterocycles. The molecule has 2 aromatic carbocycles. The summed E-state index contributed by atoms with van der Waals surface area (Å²) >= 11 is 0. The second kappa shape index (κ2) is 7.31. The molecule has 0 saturated carbocycles. The number of rotatable bonds is 4. The van der Waals surface area contributed by atoms with Crippen LogP contribution < -0.4 is 10.6 Å². The van der Waals surface area contributed by atoms with Gasteiger partial charge in [0.15, 0.2) is 0 Å². The lowest BCUT2D eigenvalue weighted by Gasteiger charge is -2.51. The van der Waals surface area contributed by atoms with Crippen molar-refractivity contribution < 1.29 is 0 Å². The summed E-state index contributed by atoms with van der Waals surface area (Å²) in [7, 11) is 0. The molecule has 0 heterocycles. The standard InChI is InChI=1S/C25H38N2/c1-17-11-18(2)14-21(13-17)25(23(5,6)7,27-24(8,9)10)26-22-15-19(3)12-20(4)16-22/h11-16,26-27H,1-10H3/t25-/m0/s1. The van der Waals surface area contributed by atoms with Gasteiger partial charge in [-0.1, -0.05) is 56.2 Å². The van der Waals surface area contributed by atoms with Crippen LogP contribution in [0.5, 0.6) is 0 Å². The van der Waals surface area contributed by atoms with E-state index in [2.05, 4.69) is 116 Å². The van der Waals surface area contributed by atoms with Gasteiger partial charge < -0.3 is 5.32 Å². The fourth-order valence-corrected chi connectivity index (χ4v) is 4.00. The molecule has 2 aromatic rings. The van der Waals surface area contributed by atoms with Gasteiger partial charge in [0.2, 0.25) is 0 Å². The van der Waals surface area contributed by atoms with E-state index < -0.39 is 5.66 Å². The van der Waals surface area contributed by atoms with Crippen LogP contribution in [0.15, 0.2) is 36.4 Å². The third-order valence-corrected chi connectivity index (χ3v) is 4.90. The molecule has 0 saturated heterocycles. The molecule has 0 bridgehead atoms. The van der Waals surface area contributed by atoms with Crippen molar-refractivity contribution in [2.75, 3.05) is 5.32 Å². The average molecular weight is 367 g/mol. The van der Waals surface area contributed by atoms with Crippen LogP contribution in [0.25, 0.3) is 0 Å². The number of hydrogen-bond donors (Lipinski definition) is 2. The number of anilines is 1. The van der Waals surface area contributed by atoms with Crippen LogP contribution in [0.4, 0.5) is 5.69 Å². The van der Waals surface area contributed by atoms with Gasteiger partial charge in [-0.05, 0) is 77.3 Å². The summed E-state index contributed by atoms with van der Waals surface area (Å²) in [6.45, 7) is 22.3. The van der Waals surface area contributed by atoms with Crippen molar-refractivity contribution in [2.24, 2.45) is 5.41 Å². The zero-order chi connectivity index (χ0) is 20.6. The summed E-state index contributed by atoms with van der Waals surface area (Å²) in [4.78, 5) is 0. The van der Waals surface area contributed by atoms with Crippen LogP contribution in [0, 0.1) is 33.1 Å². The Hall–Kier alpha value is -1.80. The van der Waals surface area contributed by atoms with E-state index in [4.69, 9.17) is 0 Å². The minimum absolute atomic E-state index is 0.0587. The quantitative estimate of drug-likeness (QED) is 0.594. The monoisotopic (exact) mass is 366 g/mol. The first-order chi connectivity index (χ1) is 12.2. The molecule has 27 heavy (non-hydrogen) atoms. The fourth-order valence-electron chi connectivity index (χ4n) is 4.00. The molecule has 0 amide bonds. The average Bonchev–Trinajstić information content (AvgIpc) is 2.41. The van der Waals surface area contributed by atoms with Gasteiger partial charge in [-0.25, -0.2) is 0 Å². The Morgan fingerprint density at radius 2 is 1.00 bits per heavy atom. The maximum Gasteiger partial charge on any atom is 0.120 e. The van der Waals surface area contributed by atoms with Gasteiger partial charge >= 0.3 is 0 Å². The SMILES string of the molecule is Cc1cc(C)cc(N[C@](NC(C)(C)C)(c2cc(C)cc(C)c2)C(C)(C)C)c1. The fraction of sp³-hybridized carbons (Fsp3) is 0.520. The minimum atomic E-state index is -0.414. The van der Waals surface area contributed by atoms with Crippen LogP contribution in [-0.2, 0) is 5.66 Å². The molecule has 0 unspecified atom stereocenters. The van der Waals surface area contributed by atoms with Crippen LogP contribution in [0.1, 0.15) is 69.4 Å². The van der Waals surface area contributed by atoms with Crippen LogP contribution in [0.3, 0.4) is 0 Å². The number of nitrogens with one attached hydrogen (secondary N) is 2. The van der Waals surface area contributed by atoms with Crippen molar-refractivity contribution in [3.63, 3.8) is 0 Å². The Morgan fingerprint density at radius 1 is 0.593 bits per heavy atom. The van der Waals surface area contributed by atoms with E-state index in [0.717, 1.165) is 5.69 Å². The van der Waals surface area contributed by atoms with Crippen LogP contribution in [-0.4, -0.2) is 5.54 Å². The topological polar surface area (TPSA) is 24.1 Å². The molecular formula is C25H38N2. The summed E-state index contributed by atoms with van der Waals surface area (Å²) < 4.78 is 0. The van der Waals surface area contributed by atoms with E-state index in [0.29, 0.717) is 0 Å². The Balaban J connectivity index is 2.74. The number of benzene rings is 2. The number of aryl methyl sites for hydroxylation is 4. The highest BCUT2D eigenvalue weighted by Gasteiger charge is 2.46. The molecule has 148 valence electrons. The first-order valence-electron chi connectivity index (χ1n) is 9.96. The Kier molecular flexibility index (Phi) is 5.82. The normalized spacial score (nSPS) is 14.7. The van der Waals surface area contributed by atoms with E-state index in [-0.39, 0.29) is 11.0 Å². The molecule has 2 heteroatoms. The highest BCUT2D eigenvalue weighted by atomic mass is 15.2. The molecule has 2 rings (SSSR count). The highest BCUT2D eigenvalue weighted by molar-refractivity contribution is 5.53. The summed E-state index contributed by atoms with van der Waals surface area (Å²) in [5, 5.41) is 7.89. The lowest BCUT2D eigenvalue weighted by Crippen LogP contribution is -2.63. The smallest absolute Gasteiger partial charge is 0.120 e. The molecule has 0 aromatic heterocycles. The zero-order valence-electron chi connectivity index (χ0n) is 19.0. The third kappa shape index (κ3) is 5.13. The van der Waals surface area contributed by atoms with Crippen molar-refractivity contribution in [2.45, 2.75) is 80.4 Å². The first kappa shape index (κ1) is 21.5. The van der Waals surface area contributed by atoms with Gasteiger partial charge in [-0.15, -0.1) is 0 Å². The van der Waals surface area contributed by atoms with Gasteiger partial charge in [-0.3, -0.25) is 5.32 Å². The Morgan fingerprint density at radius 3 is 1.37 bits per heavy atom. The lowest BCUT2D eigenvalue weighted by molar-refractivity contribution is 0.127. The summed E-state index contributed by atoms with van der Waals surface area (Å²) in [5.74, 6) is 0. The molecule has 0 radical (unpaired) electrons. The summed E-state index contributed by atoms with van der Waals surface area (Å²) in [5.41, 5.74) is 7.01. The van der Waals surface area contributed by atoms with Gasteiger partial charge in [0, 0.05) is 16.6 Å². The van der Waals surface area contributed by atoms with E-state index in [1.807, 2.05) is 0 Å². The van der Waals surface area contributed by atoms with Crippen LogP contribution >= 0.6 is 0 Å². The van der Waals surface area contributed by atoms with Gasteiger partial charge in [0.25, 0.3) is 0 Å². The van der Waals surface area contributed by atoms with Crippen molar-refractivity contribution in [1.82, 2.24) is 5.32 Å². The molecule has 2 nitrogen and oxygen atoms in total. The molecule has 0 aliphatic carbocycles. The van der Waals surface area contributed by atoms with E-state index >= 15 is 0 Å². The van der Waals surface area contributed by atoms with Gasteiger partial charge in [0.05, 0.1) is 0 Å². The van der Waals surface area contributed by atoms with E-state index in [9.17, 15) is 0 Å². The van der Waals surface area contributed by atoms with Crippen molar-refractivity contribution in [3.8, 4) is 0 Å². The predicted molar refractivity (Wildman–Crippen MR) is 119 cm³/mol. The molecule has 1 atom stereocenters. The third-order valence-electron chi connectivity index (χ3n) is 4.90. The van der Waals surface area contributed by atoms with Crippen LogP contribution in [0.2, 0.25) is 0 Å². The minimum Gasteiger partial charge on any atom is -0.363 e. The van der Waals surface area contributed by atoms with Gasteiger partial charge in [-0.2, -0.15) is 0 Å². The summed E-state index contributed by atoms with van der Waals surface area (Å²) in [6.07, 6.45) is 0. The van der Waals surface area contributed by atoms with Crippen molar-refractivity contribution in [3.05, 3.63) is 64.2 Å². The highest BCUT2D eigenvalue weighted by Crippen LogP contribution is 2.42. The molecule has 0 spiro atoms. The largest absolute Gasteiger partial charge is 0.363 e. The van der Waals surface area contributed by atoms with E-state index in [1.54, 1.807) is 0 Å². The Labute approximate surface area is 166 Å². The van der Waals surface area contributed by atoms with E-state index in [1.165, 1.54) is 27.8 Å². The zero-order valence-corrected chi connectivity index (χ0v) is 19.0. The molecule has 0 aliphatic rings. The predicted octanol–water partition coefficient (Wildman–Crippen LogP) is 6.62. The molecule has 0 fully saturated rings. The molecular weight excluding hydrogens is 328 g/mol. The maximum atomic E-state index is 3.96. The lowest BCUT2D eigenvalue weighted by atomic mass is 9.73. The number of hydrogen-bond acceptors (Lipinski definition) is 2. The Bertz CT molecular complexity index is 766.